The summed E-state index contributed by atoms with van der Waals surface area (Å²) in [6.45, 7) is -0.482. The molecule has 116 valence electrons. The van der Waals surface area contributed by atoms with Crippen molar-refractivity contribution in [3.05, 3.63) is 0 Å². The first-order valence-corrected chi connectivity index (χ1v) is 8.53. The van der Waals surface area contributed by atoms with E-state index >= 15 is 0 Å². The maximum absolute atomic E-state index is 9.11. The zero-order valence-electron chi connectivity index (χ0n) is 17.1. The van der Waals surface area contributed by atoms with Gasteiger partial charge in [0.05, 0.1) is 2.74 Å². The summed E-state index contributed by atoms with van der Waals surface area (Å²) in [5.74, 6) is 0. The van der Waals surface area contributed by atoms with Crippen LogP contribution in [0.15, 0.2) is 0 Å². The summed E-state index contributed by atoms with van der Waals surface area (Å²) in [4.78, 5) is 0. The molecule has 0 unspecified atom stereocenters. The van der Waals surface area contributed by atoms with Crippen LogP contribution >= 0.6 is 0 Å². The average Bonchev–Trinajstić information content (AvgIpc) is 2.46. The van der Waals surface area contributed by atoms with E-state index in [0.717, 1.165) is 12.8 Å². The molecule has 0 aromatic rings. The van der Waals surface area contributed by atoms with Crippen molar-refractivity contribution in [3.8, 4) is 0 Å². The van der Waals surface area contributed by atoms with Crippen molar-refractivity contribution in [2.24, 2.45) is 0 Å². The molecule has 0 fully saturated rings. The minimum Gasteiger partial charge on any atom is -0.396 e. The highest BCUT2D eigenvalue weighted by atomic mass is 16.2. The van der Waals surface area contributed by atoms with Gasteiger partial charge in [0.25, 0.3) is 0 Å². The second-order valence-corrected chi connectivity index (χ2v) is 5.63. The van der Waals surface area contributed by atoms with Gasteiger partial charge >= 0.3 is 0 Å². The summed E-state index contributed by atoms with van der Waals surface area (Å²) in [5, 5.41) is 9.11. The molecule has 0 saturated heterocycles. The Morgan fingerprint density at radius 2 is 0.895 bits per heavy atom. The molecule has 0 aliphatic heterocycles. The molecule has 1 heteroatoms. The summed E-state index contributed by atoms with van der Waals surface area (Å²) >= 11 is 0. The molecular weight excluding hydrogens is 232 g/mol. The Kier molecular flexibility index (Phi) is 12.0. The predicted octanol–water partition coefficient (Wildman–Crippen LogP) is 6.24. The minimum absolute atomic E-state index is 0.0918. The molecule has 0 heterocycles. The van der Waals surface area contributed by atoms with E-state index < -0.39 is 12.9 Å². The summed E-state index contributed by atoms with van der Waals surface area (Å²) in [5.41, 5.74) is 0. The second-order valence-electron chi connectivity index (χ2n) is 5.63. The van der Waals surface area contributed by atoms with Gasteiger partial charge in [-0.3, -0.25) is 0 Å². The van der Waals surface area contributed by atoms with Crippen molar-refractivity contribution in [2.45, 2.75) is 110 Å². The van der Waals surface area contributed by atoms with Gasteiger partial charge in [0.15, 0.2) is 0 Å². The second kappa shape index (κ2) is 18.0. The molecule has 0 radical (unpaired) electrons. The van der Waals surface area contributed by atoms with Crippen molar-refractivity contribution < 1.29 is 10.6 Å². The van der Waals surface area contributed by atoms with Crippen molar-refractivity contribution in [2.75, 3.05) is 6.56 Å². The molecule has 1 N–H and O–H groups in total. The van der Waals surface area contributed by atoms with Gasteiger partial charge in [-0.2, -0.15) is 0 Å². The lowest BCUT2D eigenvalue weighted by molar-refractivity contribution is 0.282. The monoisotopic (exact) mass is 274 g/mol. The van der Waals surface area contributed by atoms with Gasteiger partial charge < -0.3 is 5.11 Å². The molecule has 0 amide bonds. The first-order valence-electron chi connectivity index (χ1n) is 10.5. The minimum atomic E-state index is -2.73. The van der Waals surface area contributed by atoms with Gasteiger partial charge in [0, 0.05) is 9.30 Å². The third-order valence-electron chi connectivity index (χ3n) is 3.73. The van der Waals surface area contributed by atoms with Crippen LogP contribution in [0.5, 0.6) is 0 Å². The molecule has 0 saturated carbocycles. The summed E-state index contributed by atoms with van der Waals surface area (Å²) in [6, 6.07) is 0. The number of unbranched alkanes of at least 4 members (excludes halogenated alkanes) is 13. The Balaban J connectivity index is 3.25. The maximum Gasteiger partial charge on any atom is 0.0564 e. The van der Waals surface area contributed by atoms with E-state index in [9.17, 15) is 0 Å². The van der Waals surface area contributed by atoms with Crippen molar-refractivity contribution in [1.82, 2.24) is 0 Å². The fourth-order valence-corrected chi connectivity index (χ4v) is 2.46. The van der Waals surface area contributed by atoms with Gasteiger partial charge in [0.2, 0.25) is 0 Å². The summed E-state index contributed by atoms with van der Waals surface area (Å²) in [7, 11) is 0. The summed E-state index contributed by atoms with van der Waals surface area (Å²) < 4.78 is 29.1. The molecular formula is C18H38O. The van der Waals surface area contributed by atoms with Crippen LogP contribution < -0.4 is 0 Å². The van der Waals surface area contributed by atoms with Crippen LogP contribution in [0.4, 0.5) is 0 Å². The van der Waals surface area contributed by atoms with Gasteiger partial charge in [-0.05, 0) is 6.37 Å². The number of hydrogen-bond acceptors (Lipinski definition) is 1. The molecule has 0 spiro atoms. The fourth-order valence-electron chi connectivity index (χ4n) is 2.46. The Hall–Kier alpha value is -0.0400. The molecule has 0 rings (SSSR count). The van der Waals surface area contributed by atoms with Crippen molar-refractivity contribution >= 4 is 0 Å². The van der Waals surface area contributed by atoms with Crippen LogP contribution in [0, 0.1) is 0 Å². The van der Waals surface area contributed by atoms with Crippen LogP contribution in [0.1, 0.15) is 115 Å². The van der Waals surface area contributed by atoms with E-state index in [1.54, 1.807) is 0 Å². The van der Waals surface area contributed by atoms with E-state index in [4.69, 9.17) is 10.6 Å². The summed E-state index contributed by atoms with van der Waals surface area (Å²) in [6.07, 6.45) is 15.3. The van der Waals surface area contributed by atoms with E-state index in [0.29, 0.717) is 6.42 Å². The molecule has 0 aromatic heterocycles. The smallest absolute Gasteiger partial charge is 0.0564 e. The number of aliphatic hydroxyl groups is 1. The first-order chi connectivity index (χ1) is 10.8. The highest BCUT2D eigenvalue weighted by Crippen LogP contribution is 2.13. The van der Waals surface area contributed by atoms with Crippen molar-refractivity contribution in [3.63, 3.8) is 0 Å². The van der Waals surface area contributed by atoms with Crippen LogP contribution in [0.25, 0.3) is 0 Å². The zero-order chi connectivity index (χ0) is 17.6. The Bertz CT molecular complexity index is 264. The topological polar surface area (TPSA) is 20.2 Å². The SMILES string of the molecule is [2H]C([2H])(O)C([2H])([2H])CCCCCCCCCCCCCCCC. The Labute approximate surface area is 127 Å². The number of rotatable bonds is 16. The van der Waals surface area contributed by atoms with Crippen molar-refractivity contribution in [1.29, 1.82) is 0 Å². The lowest BCUT2D eigenvalue weighted by atomic mass is 10.0. The lowest BCUT2D eigenvalue weighted by Crippen LogP contribution is -1.85. The highest BCUT2D eigenvalue weighted by Gasteiger charge is 1.94. The molecule has 0 aromatic carbocycles. The van der Waals surface area contributed by atoms with Crippen LogP contribution in [-0.2, 0) is 0 Å². The Morgan fingerprint density at radius 1 is 0.579 bits per heavy atom. The van der Waals surface area contributed by atoms with E-state index in [1.807, 2.05) is 0 Å². The third kappa shape index (κ3) is 18.0. The largest absolute Gasteiger partial charge is 0.396 e. The van der Waals surface area contributed by atoms with Gasteiger partial charge in [-0.25, -0.2) is 0 Å². The standard InChI is InChI=1S/C18H38O/c1-2-3-4-5-6-7-8-9-10-11-12-13-14-15-16-17-18-19/h19H,2-18H2,1H3/i17D2,18D2. The van der Waals surface area contributed by atoms with Crippen LogP contribution in [0.3, 0.4) is 0 Å². The van der Waals surface area contributed by atoms with E-state index in [2.05, 4.69) is 6.92 Å². The highest BCUT2D eigenvalue weighted by molar-refractivity contribution is 4.49. The van der Waals surface area contributed by atoms with E-state index in [1.165, 1.54) is 70.6 Å². The van der Waals surface area contributed by atoms with Gasteiger partial charge in [-0.15, -0.1) is 0 Å². The van der Waals surface area contributed by atoms with Crippen LogP contribution in [0.2, 0.25) is 0 Å². The molecule has 0 aliphatic carbocycles. The number of hydrogen-bond donors (Lipinski definition) is 1. The first kappa shape index (κ1) is 12.7. The zero-order valence-corrected chi connectivity index (χ0v) is 13.1. The maximum atomic E-state index is 9.11. The van der Waals surface area contributed by atoms with Gasteiger partial charge in [0.1, 0.15) is 0 Å². The normalized spacial score (nSPS) is 15.7. The quantitative estimate of drug-likeness (QED) is 0.330. The van der Waals surface area contributed by atoms with Crippen LogP contribution in [-0.4, -0.2) is 11.7 Å². The van der Waals surface area contributed by atoms with Gasteiger partial charge in [-0.1, -0.05) is 103 Å². The molecule has 19 heavy (non-hydrogen) atoms. The third-order valence-corrected chi connectivity index (χ3v) is 3.73. The molecule has 1 nitrogen and oxygen atoms in total. The predicted molar refractivity (Wildman–Crippen MR) is 86.6 cm³/mol. The lowest BCUT2D eigenvalue weighted by Gasteiger charge is -2.03. The molecule has 0 atom stereocenters. The molecule has 0 bridgehead atoms. The van der Waals surface area contributed by atoms with E-state index in [-0.39, 0.29) is 6.42 Å². The fraction of sp³-hybridized carbons (Fsp3) is 1.00. The average molecular weight is 275 g/mol. The molecule has 0 aliphatic rings. The Morgan fingerprint density at radius 3 is 1.21 bits per heavy atom.